The summed E-state index contributed by atoms with van der Waals surface area (Å²) < 4.78 is 5.79. The van der Waals surface area contributed by atoms with Crippen molar-refractivity contribution in [2.45, 2.75) is 37.7 Å². The molecule has 0 aliphatic carbocycles. The lowest BCUT2D eigenvalue weighted by atomic mass is 9.90. The molecule has 1 aromatic rings. The van der Waals surface area contributed by atoms with E-state index in [9.17, 15) is 9.59 Å². The van der Waals surface area contributed by atoms with E-state index in [-0.39, 0.29) is 23.8 Å². The third kappa shape index (κ3) is 4.65. The number of hydrogen-bond donors (Lipinski definition) is 1. The SMILES string of the molecule is C#CN1CCC(OCC#Cc2ccc(C3CCC(=O)NC3=O)cc2)CC1. The van der Waals surface area contributed by atoms with Crippen molar-refractivity contribution < 1.29 is 14.3 Å². The van der Waals surface area contributed by atoms with Crippen LogP contribution in [0.2, 0.25) is 0 Å². The van der Waals surface area contributed by atoms with E-state index in [1.807, 2.05) is 29.2 Å². The summed E-state index contributed by atoms with van der Waals surface area (Å²) in [6, 6.07) is 10.3. The molecule has 1 N–H and O–H groups in total. The van der Waals surface area contributed by atoms with Crippen LogP contribution in [0.4, 0.5) is 0 Å². The molecule has 134 valence electrons. The Morgan fingerprint density at radius 2 is 1.88 bits per heavy atom. The first-order valence-electron chi connectivity index (χ1n) is 8.91. The molecule has 2 heterocycles. The molecule has 5 heteroatoms. The first-order valence-corrected chi connectivity index (χ1v) is 8.91. The number of imide groups is 1. The summed E-state index contributed by atoms with van der Waals surface area (Å²) in [7, 11) is 0. The predicted octanol–water partition coefficient (Wildman–Crippen LogP) is 1.63. The number of carbonyl (C=O) groups is 2. The number of likely N-dealkylation sites (tertiary alicyclic amines) is 1. The zero-order valence-corrected chi connectivity index (χ0v) is 14.7. The van der Waals surface area contributed by atoms with Gasteiger partial charge in [-0.2, -0.15) is 0 Å². The first kappa shape index (κ1) is 18.0. The fourth-order valence-corrected chi connectivity index (χ4v) is 3.26. The van der Waals surface area contributed by atoms with Gasteiger partial charge < -0.3 is 9.64 Å². The van der Waals surface area contributed by atoms with Crippen molar-refractivity contribution in [2.75, 3.05) is 19.7 Å². The second-order valence-corrected chi connectivity index (χ2v) is 6.55. The van der Waals surface area contributed by atoms with Gasteiger partial charge >= 0.3 is 0 Å². The number of carbonyl (C=O) groups excluding carboxylic acids is 2. The van der Waals surface area contributed by atoms with Gasteiger partial charge in [0.05, 0.1) is 12.0 Å². The number of amides is 2. The molecule has 1 unspecified atom stereocenters. The van der Waals surface area contributed by atoms with Crippen LogP contribution in [0.25, 0.3) is 0 Å². The number of terminal acetylenes is 1. The van der Waals surface area contributed by atoms with E-state index >= 15 is 0 Å². The van der Waals surface area contributed by atoms with E-state index in [1.54, 1.807) is 0 Å². The second-order valence-electron chi connectivity index (χ2n) is 6.55. The summed E-state index contributed by atoms with van der Waals surface area (Å²) in [4.78, 5) is 25.1. The van der Waals surface area contributed by atoms with Crippen LogP contribution < -0.4 is 5.32 Å². The molecule has 0 aromatic heterocycles. The highest BCUT2D eigenvalue weighted by atomic mass is 16.5. The number of rotatable bonds is 3. The summed E-state index contributed by atoms with van der Waals surface area (Å²) in [5.41, 5.74) is 1.80. The summed E-state index contributed by atoms with van der Waals surface area (Å²) >= 11 is 0. The lowest BCUT2D eigenvalue weighted by Crippen LogP contribution is -2.39. The number of piperidine rings is 2. The molecule has 0 spiro atoms. The molecular weight excluding hydrogens is 328 g/mol. The normalized spacial score (nSPS) is 20.7. The van der Waals surface area contributed by atoms with E-state index in [0.717, 1.165) is 37.1 Å². The van der Waals surface area contributed by atoms with Crippen molar-refractivity contribution >= 4 is 11.8 Å². The Hall–Kier alpha value is -2.76. The van der Waals surface area contributed by atoms with E-state index in [4.69, 9.17) is 11.2 Å². The van der Waals surface area contributed by atoms with Crippen molar-refractivity contribution in [3.05, 3.63) is 35.4 Å². The first-order chi connectivity index (χ1) is 12.7. The van der Waals surface area contributed by atoms with Gasteiger partial charge in [0.15, 0.2) is 0 Å². The van der Waals surface area contributed by atoms with Crippen LogP contribution in [-0.2, 0) is 14.3 Å². The van der Waals surface area contributed by atoms with Gasteiger partial charge in [0.1, 0.15) is 6.61 Å². The van der Waals surface area contributed by atoms with Crippen LogP contribution in [0.3, 0.4) is 0 Å². The number of hydrogen-bond acceptors (Lipinski definition) is 4. The summed E-state index contributed by atoms with van der Waals surface area (Å²) in [6.45, 7) is 2.14. The quantitative estimate of drug-likeness (QED) is 0.665. The van der Waals surface area contributed by atoms with Crippen molar-refractivity contribution in [1.82, 2.24) is 10.2 Å². The molecule has 0 bridgehead atoms. The zero-order chi connectivity index (χ0) is 18.4. The minimum atomic E-state index is -0.257. The van der Waals surface area contributed by atoms with Gasteiger partial charge in [0.25, 0.3) is 0 Å². The van der Waals surface area contributed by atoms with Crippen molar-refractivity contribution in [1.29, 1.82) is 0 Å². The predicted molar refractivity (Wildman–Crippen MR) is 97.8 cm³/mol. The molecule has 26 heavy (non-hydrogen) atoms. The Morgan fingerprint density at radius 3 is 2.54 bits per heavy atom. The van der Waals surface area contributed by atoms with Gasteiger partial charge in [-0.05, 0) is 37.0 Å². The van der Waals surface area contributed by atoms with E-state index in [0.29, 0.717) is 19.4 Å². The molecule has 3 rings (SSSR count). The van der Waals surface area contributed by atoms with Crippen LogP contribution in [-0.4, -0.2) is 42.5 Å². The highest BCUT2D eigenvalue weighted by Gasteiger charge is 2.27. The maximum Gasteiger partial charge on any atom is 0.234 e. The zero-order valence-electron chi connectivity index (χ0n) is 14.7. The minimum Gasteiger partial charge on any atom is -0.365 e. The highest BCUT2D eigenvalue weighted by molar-refractivity contribution is 6.00. The molecule has 2 amide bonds. The number of benzene rings is 1. The summed E-state index contributed by atoms with van der Waals surface area (Å²) in [5, 5.41) is 2.39. The standard InChI is InChI=1S/C21H22N2O3/c1-2-23-13-11-18(12-14-23)26-15-3-4-16-5-7-17(8-6-16)19-9-10-20(24)22-21(19)25/h1,5-8,18-19H,9-15H2,(H,22,24,25). The summed E-state index contributed by atoms with van der Waals surface area (Å²) in [5.74, 6) is 5.45. The van der Waals surface area contributed by atoms with Gasteiger partial charge in [-0.1, -0.05) is 30.4 Å². The second kappa shape index (κ2) is 8.56. The molecule has 5 nitrogen and oxygen atoms in total. The van der Waals surface area contributed by atoms with Gasteiger partial charge in [0, 0.05) is 31.1 Å². The molecule has 1 aromatic carbocycles. The molecule has 2 fully saturated rings. The fraction of sp³-hybridized carbons (Fsp3) is 0.429. The van der Waals surface area contributed by atoms with Crippen molar-refractivity contribution in [3.8, 4) is 24.3 Å². The smallest absolute Gasteiger partial charge is 0.234 e. The van der Waals surface area contributed by atoms with E-state index < -0.39 is 0 Å². The van der Waals surface area contributed by atoms with Gasteiger partial charge in [-0.3, -0.25) is 14.9 Å². The highest BCUT2D eigenvalue weighted by Crippen LogP contribution is 2.24. The molecule has 2 aliphatic heterocycles. The maximum absolute atomic E-state index is 11.9. The Kier molecular flexibility index (Phi) is 5.94. The molecular formula is C21H22N2O3. The molecule has 1 atom stereocenters. The van der Waals surface area contributed by atoms with Crippen LogP contribution in [0, 0.1) is 24.3 Å². The molecule has 0 saturated carbocycles. The third-order valence-corrected chi connectivity index (χ3v) is 4.80. The fourth-order valence-electron chi connectivity index (χ4n) is 3.26. The molecule has 2 aliphatic rings. The van der Waals surface area contributed by atoms with Gasteiger partial charge in [-0.25, -0.2) is 0 Å². The van der Waals surface area contributed by atoms with Gasteiger partial charge in [-0.15, -0.1) is 0 Å². The Labute approximate surface area is 154 Å². The average Bonchev–Trinajstić information content (AvgIpc) is 2.66. The maximum atomic E-state index is 11.9. The largest absolute Gasteiger partial charge is 0.365 e. The Bertz CT molecular complexity index is 759. The molecule has 0 radical (unpaired) electrons. The average molecular weight is 350 g/mol. The summed E-state index contributed by atoms with van der Waals surface area (Å²) in [6.07, 6.45) is 8.42. The minimum absolute atomic E-state index is 0.196. The van der Waals surface area contributed by atoms with Crippen LogP contribution in [0.1, 0.15) is 42.7 Å². The topological polar surface area (TPSA) is 58.6 Å². The van der Waals surface area contributed by atoms with E-state index in [2.05, 4.69) is 23.2 Å². The van der Waals surface area contributed by atoms with Crippen LogP contribution in [0.15, 0.2) is 24.3 Å². The van der Waals surface area contributed by atoms with Gasteiger partial charge in [0.2, 0.25) is 11.8 Å². The van der Waals surface area contributed by atoms with Crippen LogP contribution in [0.5, 0.6) is 0 Å². The number of nitrogens with zero attached hydrogens (tertiary/aromatic N) is 1. The Balaban J connectivity index is 1.48. The Morgan fingerprint density at radius 1 is 1.15 bits per heavy atom. The van der Waals surface area contributed by atoms with E-state index in [1.165, 1.54) is 0 Å². The number of ether oxygens (including phenoxy) is 1. The lowest BCUT2D eigenvalue weighted by molar-refractivity contribution is -0.134. The van der Waals surface area contributed by atoms with Crippen molar-refractivity contribution in [3.63, 3.8) is 0 Å². The monoisotopic (exact) mass is 350 g/mol. The third-order valence-electron chi connectivity index (χ3n) is 4.80. The number of nitrogens with one attached hydrogen (secondary N) is 1. The van der Waals surface area contributed by atoms with Crippen molar-refractivity contribution in [2.24, 2.45) is 0 Å². The molecule has 2 saturated heterocycles. The van der Waals surface area contributed by atoms with Crippen LogP contribution >= 0.6 is 0 Å². The lowest BCUT2D eigenvalue weighted by Gasteiger charge is -2.28.